The van der Waals surface area contributed by atoms with Gasteiger partial charge in [-0.3, -0.25) is 0 Å². The van der Waals surface area contributed by atoms with Crippen LogP contribution in [0.5, 0.6) is 0 Å². The third-order valence-corrected chi connectivity index (χ3v) is 3.06. The lowest BCUT2D eigenvalue weighted by Gasteiger charge is -2.24. The van der Waals surface area contributed by atoms with Crippen LogP contribution in [0.2, 0.25) is 0 Å². The van der Waals surface area contributed by atoms with Gasteiger partial charge >= 0.3 is 0 Å². The van der Waals surface area contributed by atoms with Gasteiger partial charge in [0.15, 0.2) is 0 Å². The molecule has 1 aromatic rings. The number of alkyl halides is 1. The molecule has 0 aliphatic carbocycles. The second kappa shape index (κ2) is 5.09. The predicted octanol–water partition coefficient (Wildman–Crippen LogP) is 3.97. The van der Waals surface area contributed by atoms with E-state index in [2.05, 4.69) is 57.8 Å². The molecular weight excluding hydrogens is 218 g/mol. The molecule has 1 rings (SSSR count). The molecule has 1 nitrogen and oxygen atoms in total. The normalized spacial score (nSPS) is 11.6. The van der Waals surface area contributed by atoms with Gasteiger partial charge < -0.3 is 4.90 Å². The van der Waals surface area contributed by atoms with Gasteiger partial charge in [0.1, 0.15) is 0 Å². The Balaban J connectivity index is 3.00. The van der Waals surface area contributed by atoms with Gasteiger partial charge in [-0.2, -0.15) is 0 Å². The van der Waals surface area contributed by atoms with Crippen molar-refractivity contribution < 1.29 is 0 Å². The molecule has 0 spiro atoms. The van der Waals surface area contributed by atoms with E-state index in [0.717, 1.165) is 6.54 Å². The summed E-state index contributed by atoms with van der Waals surface area (Å²) in [5.41, 5.74) is 4.19. The summed E-state index contributed by atoms with van der Waals surface area (Å²) in [6.07, 6.45) is 0. The molecule has 0 aliphatic heterocycles. The van der Waals surface area contributed by atoms with Gasteiger partial charge in [0.2, 0.25) is 0 Å². The molecule has 0 saturated carbocycles. The van der Waals surface area contributed by atoms with E-state index in [1.54, 1.807) is 0 Å². The Hall–Kier alpha value is -0.690. The third-order valence-electron chi connectivity index (χ3n) is 2.89. The predicted molar refractivity (Wildman–Crippen MR) is 73.9 cm³/mol. The number of nitrogens with zero attached hydrogens (tertiary/aromatic N) is 1. The third kappa shape index (κ3) is 3.15. The Morgan fingerprint density at radius 2 is 1.88 bits per heavy atom. The first kappa shape index (κ1) is 13.4. The van der Waals surface area contributed by atoms with E-state index in [4.69, 9.17) is 11.6 Å². The minimum atomic E-state index is 0.217. The molecule has 90 valence electrons. The van der Waals surface area contributed by atoms with Crippen molar-refractivity contribution >= 4 is 17.3 Å². The molecule has 0 aliphatic rings. The first-order valence-corrected chi connectivity index (χ1v) is 6.28. The summed E-state index contributed by atoms with van der Waals surface area (Å²) in [7, 11) is 2.08. The molecule has 0 bridgehead atoms. The van der Waals surface area contributed by atoms with Gasteiger partial charge in [-0.1, -0.05) is 32.9 Å². The first-order chi connectivity index (χ1) is 7.36. The fourth-order valence-corrected chi connectivity index (χ4v) is 2.05. The van der Waals surface area contributed by atoms with E-state index in [0.29, 0.717) is 5.88 Å². The minimum Gasteiger partial charge on any atom is -0.373 e. The lowest BCUT2D eigenvalue weighted by atomic mass is 9.86. The Morgan fingerprint density at radius 1 is 1.25 bits per heavy atom. The maximum atomic E-state index is 5.76. The van der Waals surface area contributed by atoms with Crippen molar-refractivity contribution in [3.63, 3.8) is 0 Å². The Bertz CT molecular complexity index is 352. The summed E-state index contributed by atoms with van der Waals surface area (Å²) in [6.45, 7) is 9.77. The molecule has 0 atom stereocenters. The smallest absolute Gasteiger partial charge is 0.0399 e. The van der Waals surface area contributed by atoms with Crippen LogP contribution < -0.4 is 4.90 Å². The number of halogens is 1. The monoisotopic (exact) mass is 239 g/mol. The number of anilines is 1. The van der Waals surface area contributed by atoms with Gasteiger partial charge in [-0.05, 0) is 29.5 Å². The molecule has 0 fully saturated rings. The maximum Gasteiger partial charge on any atom is 0.0399 e. The average Bonchev–Trinajstić information content (AvgIpc) is 2.16. The van der Waals surface area contributed by atoms with Crippen LogP contribution in [0.4, 0.5) is 5.69 Å². The molecule has 0 amide bonds. The fraction of sp³-hybridized carbons (Fsp3) is 0.571. The second-order valence-electron chi connectivity index (χ2n) is 5.36. The Labute approximate surface area is 104 Å². The SMILES string of the molecule is Cc1cc(C(C)(C)C)ccc1N(C)CCCl. The number of benzene rings is 1. The summed E-state index contributed by atoms with van der Waals surface area (Å²) in [6, 6.07) is 6.69. The van der Waals surface area contributed by atoms with Gasteiger partial charge in [0, 0.05) is 25.2 Å². The second-order valence-corrected chi connectivity index (χ2v) is 5.74. The van der Waals surface area contributed by atoms with Crippen LogP contribution in [-0.2, 0) is 5.41 Å². The van der Waals surface area contributed by atoms with Gasteiger partial charge in [-0.25, -0.2) is 0 Å². The zero-order chi connectivity index (χ0) is 12.3. The van der Waals surface area contributed by atoms with Crippen molar-refractivity contribution in [3.8, 4) is 0 Å². The van der Waals surface area contributed by atoms with Gasteiger partial charge in [-0.15, -0.1) is 11.6 Å². The molecule has 0 saturated heterocycles. The molecular formula is C14H22ClN. The number of hydrogen-bond donors (Lipinski definition) is 0. The molecule has 0 heterocycles. The van der Waals surface area contributed by atoms with E-state index in [1.807, 2.05) is 0 Å². The van der Waals surface area contributed by atoms with Crippen LogP contribution in [0, 0.1) is 6.92 Å². The van der Waals surface area contributed by atoms with E-state index in [1.165, 1.54) is 16.8 Å². The lowest BCUT2D eigenvalue weighted by Crippen LogP contribution is -2.21. The van der Waals surface area contributed by atoms with Crippen molar-refractivity contribution in [2.45, 2.75) is 33.1 Å². The van der Waals surface area contributed by atoms with E-state index >= 15 is 0 Å². The standard InChI is InChI=1S/C14H22ClN/c1-11-10-12(14(2,3)4)6-7-13(11)16(5)9-8-15/h6-7,10H,8-9H2,1-5H3. The van der Waals surface area contributed by atoms with Gasteiger partial charge in [0.25, 0.3) is 0 Å². The van der Waals surface area contributed by atoms with E-state index < -0.39 is 0 Å². The summed E-state index contributed by atoms with van der Waals surface area (Å²) in [5.74, 6) is 0.664. The highest BCUT2D eigenvalue weighted by molar-refractivity contribution is 6.18. The topological polar surface area (TPSA) is 3.24 Å². The summed E-state index contributed by atoms with van der Waals surface area (Å²) >= 11 is 5.76. The largest absolute Gasteiger partial charge is 0.373 e. The van der Waals surface area contributed by atoms with Crippen LogP contribution in [0.3, 0.4) is 0 Å². The molecule has 2 heteroatoms. The summed E-state index contributed by atoms with van der Waals surface area (Å²) in [4.78, 5) is 2.20. The van der Waals surface area contributed by atoms with Gasteiger partial charge in [0.05, 0.1) is 0 Å². The molecule has 0 N–H and O–H groups in total. The van der Waals surface area contributed by atoms with E-state index in [-0.39, 0.29) is 5.41 Å². The zero-order valence-electron chi connectivity index (χ0n) is 11.0. The number of hydrogen-bond acceptors (Lipinski definition) is 1. The van der Waals surface area contributed by atoms with Crippen molar-refractivity contribution in [2.24, 2.45) is 0 Å². The minimum absolute atomic E-state index is 0.217. The highest BCUT2D eigenvalue weighted by Crippen LogP contribution is 2.27. The van der Waals surface area contributed by atoms with E-state index in [9.17, 15) is 0 Å². The maximum absolute atomic E-state index is 5.76. The molecule has 0 unspecified atom stereocenters. The van der Waals surface area contributed by atoms with Crippen LogP contribution in [-0.4, -0.2) is 19.5 Å². The fourth-order valence-electron chi connectivity index (χ4n) is 1.80. The Kier molecular flexibility index (Phi) is 4.26. The summed E-state index contributed by atoms with van der Waals surface area (Å²) < 4.78 is 0. The zero-order valence-corrected chi connectivity index (χ0v) is 11.7. The van der Waals surface area contributed by atoms with Crippen molar-refractivity contribution in [2.75, 3.05) is 24.4 Å². The highest BCUT2D eigenvalue weighted by Gasteiger charge is 2.15. The molecule has 0 radical (unpaired) electrons. The summed E-state index contributed by atoms with van der Waals surface area (Å²) in [5, 5.41) is 0. The van der Waals surface area contributed by atoms with Crippen molar-refractivity contribution in [1.82, 2.24) is 0 Å². The van der Waals surface area contributed by atoms with Crippen molar-refractivity contribution in [3.05, 3.63) is 29.3 Å². The Morgan fingerprint density at radius 3 is 2.31 bits per heavy atom. The molecule has 0 aromatic heterocycles. The van der Waals surface area contributed by atoms with Crippen LogP contribution in [0.15, 0.2) is 18.2 Å². The lowest BCUT2D eigenvalue weighted by molar-refractivity contribution is 0.589. The number of aryl methyl sites for hydroxylation is 1. The molecule has 16 heavy (non-hydrogen) atoms. The van der Waals surface area contributed by atoms with Crippen LogP contribution in [0.1, 0.15) is 31.9 Å². The molecule has 1 aromatic carbocycles. The first-order valence-electron chi connectivity index (χ1n) is 5.74. The number of rotatable bonds is 3. The van der Waals surface area contributed by atoms with Crippen LogP contribution >= 0.6 is 11.6 Å². The van der Waals surface area contributed by atoms with Crippen LogP contribution in [0.25, 0.3) is 0 Å². The van der Waals surface area contributed by atoms with Crippen molar-refractivity contribution in [1.29, 1.82) is 0 Å². The highest BCUT2D eigenvalue weighted by atomic mass is 35.5. The quantitative estimate of drug-likeness (QED) is 0.722. The average molecular weight is 240 g/mol.